The van der Waals surface area contributed by atoms with Crippen LogP contribution in [-0.2, 0) is 6.18 Å². The lowest BCUT2D eigenvalue weighted by Gasteiger charge is -2.15. The first-order chi connectivity index (χ1) is 11.5. The molecular weight excluding hydrogens is 368 g/mol. The molecule has 1 heterocycles. The molecular formula is C13H10F4N4O3S. The van der Waals surface area contributed by atoms with Crippen molar-refractivity contribution in [1.82, 2.24) is 9.24 Å². The molecule has 0 bridgehead atoms. The molecule has 0 aliphatic carbocycles. The summed E-state index contributed by atoms with van der Waals surface area (Å²) in [6.45, 7) is 0. The van der Waals surface area contributed by atoms with Crippen molar-refractivity contribution in [3.63, 3.8) is 0 Å². The van der Waals surface area contributed by atoms with Gasteiger partial charge in [-0.15, -0.1) is 0 Å². The monoisotopic (exact) mass is 378 g/mol. The number of nitrogen functional groups attached to an aromatic ring is 1. The Bertz CT molecular complexity index is 981. The molecule has 4 N–H and O–H groups in total. The molecule has 0 aliphatic heterocycles. The average Bonchev–Trinajstić information content (AvgIpc) is 2.50. The van der Waals surface area contributed by atoms with Crippen LogP contribution in [0.5, 0.6) is 5.75 Å². The van der Waals surface area contributed by atoms with Gasteiger partial charge in [-0.2, -0.15) is 13.2 Å². The Morgan fingerprint density at radius 2 is 1.84 bits per heavy atom. The molecule has 134 valence electrons. The zero-order valence-corrected chi connectivity index (χ0v) is 13.2. The van der Waals surface area contributed by atoms with Crippen LogP contribution in [-0.4, -0.2) is 21.3 Å². The fourth-order valence-corrected chi connectivity index (χ4v) is 2.23. The van der Waals surface area contributed by atoms with E-state index in [0.717, 1.165) is 12.1 Å². The van der Waals surface area contributed by atoms with Gasteiger partial charge in [0.1, 0.15) is 16.6 Å². The zero-order chi connectivity index (χ0) is 19.1. The number of thiocarbonyl (C=S) groups is 1. The lowest BCUT2D eigenvalue weighted by Crippen LogP contribution is -2.45. The van der Waals surface area contributed by atoms with E-state index in [9.17, 15) is 27.2 Å². The molecule has 2 rings (SSSR count). The fraction of sp³-hybridized carbons (Fsp3) is 0.154. The summed E-state index contributed by atoms with van der Waals surface area (Å²) in [5.41, 5.74) is 0.0200. The van der Waals surface area contributed by atoms with Crippen molar-refractivity contribution < 1.29 is 22.3 Å². The number of hydrogen-bond acceptors (Lipinski definition) is 5. The molecule has 0 atom stereocenters. The number of methoxy groups -OCH3 is 1. The van der Waals surface area contributed by atoms with E-state index < -0.39 is 34.6 Å². The first kappa shape index (κ1) is 18.4. The van der Waals surface area contributed by atoms with Gasteiger partial charge in [-0.1, -0.05) is 12.2 Å². The number of hydrogen-bond donors (Lipinski definition) is 2. The van der Waals surface area contributed by atoms with Crippen LogP contribution in [0.2, 0.25) is 0 Å². The molecule has 0 fully saturated rings. The third-order valence-corrected chi connectivity index (χ3v) is 3.42. The maximum Gasteiger partial charge on any atom is 0.433 e. The summed E-state index contributed by atoms with van der Waals surface area (Å²) >= 11 is 4.72. The number of benzene rings is 1. The summed E-state index contributed by atoms with van der Waals surface area (Å²) in [6.07, 6.45) is -5.04. The zero-order valence-electron chi connectivity index (χ0n) is 12.4. The molecule has 0 amide bonds. The summed E-state index contributed by atoms with van der Waals surface area (Å²) in [5, 5.41) is 0. The first-order valence-corrected chi connectivity index (χ1v) is 6.79. The second kappa shape index (κ2) is 6.20. The summed E-state index contributed by atoms with van der Waals surface area (Å²) in [5.74, 6) is 3.88. The topological polar surface area (TPSA) is 105 Å². The van der Waals surface area contributed by atoms with Gasteiger partial charge in [-0.25, -0.2) is 18.4 Å². The molecule has 1 aromatic heterocycles. The lowest BCUT2D eigenvalue weighted by atomic mass is 10.1. The predicted molar refractivity (Wildman–Crippen MR) is 83.8 cm³/mol. The molecule has 0 saturated heterocycles. The predicted octanol–water partition coefficient (Wildman–Crippen LogP) is 0.514. The van der Waals surface area contributed by atoms with E-state index in [1.165, 1.54) is 7.11 Å². The van der Waals surface area contributed by atoms with Gasteiger partial charge in [0.05, 0.1) is 18.4 Å². The van der Waals surface area contributed by atoms with Crippen molar-refractivity contribution in [1.29, 1.82) is 0 Å². The number of nitrogens with two attached hydrogens (primary N) is 2. The molecule has 0 unspecified atom stereocenters. The molecule has 0 saturated carbocycles. The van der Waals surface area contributed by atoms with Crippen molar-refractivity contribution >= 4 is 17.2 Å². The van der Waals surface area contributed by atoms with Gasteiger partial charge >= 0.3 is 11.9 Å². The maximum absolute atomic E-state index is 14.3. The van der Waals surface area contributed by atoms with Crippen LogP contribution < -0.4 is 27.6 Å². The molecule has 7 nitrogen and oxygen atoms in total. The molecule has 12 heteroatoms. The normalized spacial score (nSPS) is 11.4. The second-order valence-corrected chi connectivity index (χ2v) is 5.16. The Morgan fingerprint density at radius 1 is 1.24 bits per heavy atom. The molecule has 0 radical (unpaired) electrons. The van der Waals surface area contributed by atoms with Crippen LogP contribution in [0.3, 0.4) is 0 Å². The second-order valence-electron chi connectivity index (χ2n) is 4.72. The highest BCUT2D eigenvalue weighted by Crippen LogP contribution is 2.27. The Labute approximate surface area is 142 Å². The van der Waals surface area contributed by atoms with Gasteiger partial charge in [-0.05, 0) is 6.07 Å². The first-order valence-electron chi connectivity index (χ1n) is 6.38. The lowest BCUT2D eigenvalue weighted by molar-refractivity contribution is -0.143. The van der Waals surface area contributed by atoms with E-state index in [1.54, 1.807) is 0 Å². The number of halogens is 4. The number of ether oxygens (including phenoxy) is 1. The Kier molecular flexibility index (Phi) is 4.57. The van der Waals surface area contributed by atoms with Crippen molar-refractivity contribution in [2.24, 2.45) is 5.73 Å². The average molecular weight is 378 g/mol. The third-order valence-electron chi connectivity index (χ3n) is 3.20. The van der Waals surface area contributed by atoms with Crippen molar-refractivity contribution in [2.45, 2.75) is 6.18 Å². The quantitative estimate of drug-likeness (QED) is 0.458. The molecule has 25 heavy (non-hydrogen) atoms. The van der Waals surface area contributed by atoms with Gasteiger partial charge in [-0.3, -0.25) is 4.79 Å². The van der Waals surface area contributed by atoms with E-state index >= 15 is 0 Å². The highest BCUT2D eigenvalue weighted by atomic mass is 32.1. The molecule has 0 aliphatic rings. The van der Waals surface area contributed by atoms with Crippen LogP contribution in [0, 0.1) is 5.82 Å². The Balaban J connectivity index is 2.85. The van der Waals surface area contributed by atoms with Gasteiger partial charge in [0, 0.05) is 12.1 Å². The van der Waals surface area contributed by atoms with Gasteiger partial charge in [0.15, 0.2) is 5.69 Å². The smallest absolute Gasteiger partial charge is 0.433 e. The number of rotatable bonds is 3. The van der Waals surface area contributed by atoms with Gasteiger partial charge < -0.3 is 16.3 Å². The number of aromatic nitrogens is 2. The van der Waals surface area contributed by atoms with Crippen molar-refractivity contribution in [3.05, 3.63) is 56.1 Å². The Morgan fingerprint density at radius 3 is 2.32 bits per heavy atom. The van der Waals surface area contributed by atoms with Crippen LogP contribution in [0.1, 0.15) is 11.3 Å². The minimum Gasteiger partial charge on any atom is -0.496 e. The van der Waals surface area contributed by atoms with E-state index in [0.29, 0.717) is 0 Å². The highest BCUT2D eigenvalue weighted by molar-refractivity contribution is 7.80. The third kappa shape index (κ3) is 3.20. The molecule has 1 aromatic carbocycles. The van der Waals surface area contributed by atoms with E-state index in [2.05, 4.69) is 0 Å². The van der Waals surface area contributed by atoms with Crippen molar-refractivity contribution in [3.8, 4) is 11.4 Å². The largest absolute Gasteiger partial charge is 0.496 e. The van der Waals surface area contributed by atoms with E-state index in [-0.39, 0.29) is 31.6 Å². The van der Waals surface area contributed by atoms with Gasteiger partial charge in [0.25, 0.3) is 5.56 Å². The van der Waals surface area contributed by atoms with Crippen LogP contribution >= 0.6 is 12.2 Å². The minimum absolute atomic E-state index is 0.0215. The molecule has 0 spiro atoms. The fourth-order valence-electron chi connectivity index (χ4n) is 2.07. The summed E-state index contributed by atoms with van der Waals surface area (Å²) in [7, 11) is 1.19. The van der Waals surface area contributed by atoms with Crippen LogP contribution in [0.25, 0.3) is 5.69 Å². The SMILES string of the molecule is COc1cc(-n2c(=O)cc(C(F)(F)F)n(N)c2=O)c(F)cc1C(N)=S. The molecule has 2 aromatic rings. The standard InChI is InChI=1S/C13H10F4N4O3S/c1-24-8-3-7(6(14)2-5(8)11(18)25)20-10(22)4-9(13(15,16)17)21(19)12(20)23/h2-4H,19H2,1H3,(H2,18,25). The van der Waals surface area contributed by atoms with E-state index in [1.807, 2.05) is 0 Å². The summed E-state index contributed by atoms with van der Waals surface area (Å²) in [4.78, 5) is 23.8. The van der Waals surface area contributed by atoms with Gasteiger partial charge in [0.2, 0.25) is 0 Å². The van der Waals surface area contributed by atoms with Crippen LogP contribution in [0.15, 0.2) is 27.8 Å². The number of nitrogens with zero attached hydrogens (tertiary/aromatic N) is 2. The minimum atomic E-state index is -5.04. The van der Waals surface area contributed by atoms with Crippen molar-refractivity contribution in [2.75, 3.05) is 13.0 Å². The van der Waals surface area contributed by atoms with Crippen LogP contribution in [0.4, 0.5) is 17.6 Å². The highest BCUT2D eigenvalue weighted by Gasteiger charge is 2.36. The van der Waals surface area contributed by atoms with E-state index in [4.69, 9.17) is 28.5 Å². The summed E-state index contributed by atoms with van der Waals surface area (Å²) < 4.78 is 57.4. The maximum atomic E-state index is 14.3. The summed E-state index contributed by atoms with van der Waals surface area (Å²) in [6, 6.07) is 1.77. The number of alkyl halides is 3. The Hall–Kier alpha value is -2.89.